The first-order valence-corrected chi connectivity index (χ1v) is 20.5. The maximum Gasteiger partial charge on any atom is 0.00985 e. The van der Waals surface area contributed by atoms with E-state index in [0.717, 1.165) is 29.4 Å². The fourth-order valence-electron chi connectivity index (χ4n) is 4.74. The van der Waals surface area contributed by atoms with E-state index in [1.165, 1.54) is 66.8 Å². The van der Waals surface area contributed by atoms with Gasteiger partial charge in [-0.3, -0.25) is 0 Å². The Morgan fingerprint density at radius 1 is 0.278 bits per heavy atom. The van der Waals surface area contributed by atoms with Crippen LogP contribution in [-0.4, -0.2) is 0 Å². The molecule has 0 radical (unpaired) electrons. The van der Waals surface area contributed by atoms with Gasteiger partial charge in [0.05, 0.1) is 0 Å². The smallest absolute Gasteiger partial charge is 0.00985 e. The molecule has 6 aromatic carbocycles. The summed E-state index contributed by atoms with van der Waals surface area (Å²) < 4.78 is 0. The Balaban J connectivity index is 0.000000324. The normalized spacial score (nSPS) is 9.67. The molecule has 0 saturated heterocycles. The minimum absolute atomic E-state index is 1.04. The van der Waals surface area contributed by atoms with Gasteiger partial charge in [-0.1, -0.05) is 77.9 Å². The number of aryl methyl sites for hydroxylation is 11. The van der Waals surface area contributed by atoms with E-state index in [1.54, 1.807) is 0 Å². The zero-order chi connectivity index (χ0) is 41.1. The van der Waals surface area contributed by atoms with Crippen LogP contribution < -0.4 is 0 Å². The summed E-state index contributed by atoms with van der Waals surface area (Å²) in [7, 11) is 0. The molecular formula is C48H60S6. The second-order valence-corrected chi connectivity index (χ2v) is 16.6. The van der Waals surface area contributed by atoms with Gasteiger partial charge in [-0.2, -0.15) is 0 Å². The lowest BCUT2D eigenvalue weighted by atomic mass is 10.1. The monoisotopic (exact) mass is 828 g/mol. The number of rotatable bonds is 0. The van der Waals surface area contributed by atoms with Crippen LogP contribution >= 0.6 is 75.8 Å². The van der Waals surface area contributed by atoms with Crippen LogP contribution in [0.15, 0.2) is 139 Å². The lowest BCUT2D eigenvalue weighted by molar-refractivity contribution is 1.23. The van der Waals surface area contributed by atoms with Crippen molar-refractivity contribution in [3.8, 4) is 0 Å². The first kappa shape index (κ1) is 49.4. The average molecular weight is 829 g/mol. The standard InChI is InChI=1S/6C8H10S/c1-6-3-7(2)5-8(9)4-6;1-6-3-4-8(9)5-7(6)2;1-6-3-4-8(9)7(2)5-6;1-6-3-4-7(2)8(9)5-6;1-6-4-3-5-8(9)7(6)2;1-6-4-3-5-7(2)8(6)9/h6*3-5,9H,1-2H3. The molecule has 0 aliphatic rings. The Hall–Kier alpha value is -2.58. The lowest BCUT2D eigenvalue weighted by Gasteiger charge is -2.00. The second-order valence-electron chi connectivity index (χ2n) is 13.7. The third kappa shape index (κ3) is 19.8. The van der Waals surface area contributed by atoms with Crippen molar-refractivity contribution in [3.63, 3.8) is 0 Å². The Kier molecular flexibility index (Phi) is 23.4. The topological polar surface area (TPSA) is 0 Å². The molecule has 0 fully saturated rings. The maximum absolute atomic E-state index is 4.31. The number of benzene rings is 6. The van der Waals surface area contributed by atoms with Gasteiger partial charge in [0, 0.05) is 29.4 Å². The van der Waals surface area contributed by atoms with Crippen molar-refractivity contribution in [1.29, 1.82) is 0 Å². The van der Waals surface area contributed by atoms with E-state index in [-0.39, 0.29) is 0 Å². The first-order chi connectivity index (χ1) is 25.2. The number of hydrogen-bond donors (Lipinski definition) is 6. The third-order valence-electron chi connectivity index (χ3n) is 8.43. The van der Waals surface area contributed by atoms with Crippen LogP contribution in [0.1, 0.15) is 66.8 Å². The van der Waals surface area contributed by atoms with Crippen molar-refractivity contribution in [2.45, 2.75) is 112 Å². The van der Waals surface area contributed by atoms with E-state index >= 15 is 0 Å². The molecule has 0 saturated carbocycles. The van der Waals surface area contributed by atoms with Crippen LogP contribution in [0.4, 0.5) is 0 Å². The predicted octanol–water partition coefficient (Wildman–Crippen LogP) is 15.6. The van der Waals surface area contributed by atoms with Gasteiger partial charge in [0.2, 0.25) is 0 Å². The molecule has 0 spiro atoms. The highest BCUT2D eigenvalue weighted by atomic mass is 32.1. The van der Waals surface area contributed by atoms with Gasteiger partial charge in [-0.05, 0) is 181 Å². The summed E-state index contributed by atoms with van der Waals surface area (Å²) in [5, 5.41) is 0. The molecule has 6 heteroatoms. The summed E-state index contributed by atoms with van der Waals surface area (Å²) in [6.07, 6.45) is 0. The van der Waals surface area contributed by atoms with Crippen LogP contribution in [-0.2, 0) is 0 Å². The molecule has 6 aromatic rings. The second kappa shape index (κ2) is 25.6. The van der Waals surface area contributed by atoms with E-state index in [2.05, 4.69) is 238 Å². The largest absolute Gasteiger partial charge is 0.143 e. The van der Waals surface area contributed by atoms with Crippen LogP contribution in [0.25, 0.3) is 0 Å². The summed E-state index contributed by atoms with van der Waals surface area (Å²) in [4.78, 5) is 6.42. The van der Waals surface area contributed by atoms with Gasteiger partial charge >= 0.3 is 0 Å². The van der Waals surface area contributed by atoms with Crippen molar-refractivity contribution in [3.05, 3.63) is 176 Å². The van der Waals surface area contributed by atoms with E-state index in [4.69, 9.17) is 0 Å². The Labute approximate surface area is 361 Å². The van der Waals surface area contributed by atoms with E-state index < -0.39 is 0 Å². The first-order valence-electron chi connectivity index (χ1n) is 17.8. The zero-order valence-electron chi connectivity index (χ0n) is 34.1. The van der Waals surface area contributed by atoms with Gasteiger partial charge in [-0.25, -0.2) is 0 Å². The minimum atomic E-state index is 1.04. The van der Waals surface area contributed by atoms with Crippen molar-refractivity contribution in [2.24, 2.45) is 0 Å². The van der Waals surface area contributed by atoms with Gasteiger partial charge in [0.15, 0.2) is 0 Å². The number of hydrogen-bond acceptors (Lipinski definition) is 6. The van der Waals surface area contributed by atoms with Gasteiger partial charge in [0.25, 0.3) is 0 Å². The van der Waals surface area contributed by atoms with Gasteiger partial charge < -0.3 is 0 Å². The molecule has 0 nitrogen and oxygen atoms in total. The molecule has 0 aliphatic heterocycles. The highest BCUT2D eigenvalue weighted by Crippen LogP contribution is 2.18. The van der Waals surface area contributed by atoms with Crippen molar-refractivity contribution >= 4 is 75.8 Å². The minimum Gasteiger partial charge on any atom is -0.143 e. The Morgan fingerprint density at radius 3 is 1.19 bits per heavy atom. The van der Waals surface area contributed by atoms with Crippen molar-refractivity contribution in [1.82, 2.24) is 0 Å². The molecule has 288 valence electrons. The summed E-state index contributed by atoms with van der Waals surface area (Å²) in [6, 6.07) is 37.1. The molecular weight excluding hydrogens is 769 g/mol. The van der Waals surface area contributed by atoms with Crippen LogP contribution in [0.2, 0.25) is 0 Å². The number of thiol groups is 6. The average Bonchev–Trinajstić information content (AvgIpc) is 3.09. The van der Waals surface area contributed by atoms with Crippen LogP contribution in [0.3, 0.4) is 0 Å². The molecule has 0 amide bonds. The Morgan fingerprint density at radius 2 is 0.778 bits per heavy atom. The quantitative estimate of drug-likeness (QED) is 0.0808. The fourth-order valence-corrected chi connectivity index (χ4v) is 6.25. The Bertz CT molecular complexity index is 1800. The molecule has 0 atom stereocenters. The summed E-state index contributed by atoms with van der Waals surface area (Å²) in [5.41, 5.74) is 15.3. The van der Waals surface area contributed by atoms with Crippen LogP contribution in [0.5, 0.6) is 0 Å². The van der Waals surface area contributed by atoms with Crippen molar-refractivity contribution in [2.75, 3.05) is 0 Å². The molecule has 0 aromatic heterocycles. The lowest BCUT2D eigenvalue weighted by Crippen LogP contribution is -1.79. The predicted molar refractivity (Wildman–Crippen MR) is 259 cm³/mol. The maximum atomic E-state index is 4.31. The summed E-state index contributed by atoms with van der Waals surface area (Å²) in [6.45, 7) is 24.9. The van der Waals surface area contributed by atoms with E-state index in [9.17, 15) is 0 Å². The SMILES string of the molecule is Cc1cc(C)cc(S)c1.Cc1ccc(C)c(S)c1.Cc1ccc(S)c(C)c1.Cc1ccc(S)cc1C.Cc1cccc(C)c1S.Cc1cccc(S)c1C. The van der Waals surface area contributed by atoms with Gasteiger partial charge in [-0.15, -0.1) is 75.8 Å². The highest BCUT2D eigenvalue weighted by Gasteiger charge is 1.95. The third-order valence-corrected chi connectivity index (χ3v) is 11.1. The van der Waals surface area contributed by atoms with E-state index in [0.29, 0.717) is 0 Å². The summed E-state index contributed by atoms with van der Waals surface area (Å²) in [5.74, 6) is 0. The zero-order valence-corrected chi connectivity index (χ0v) is 39.4. The molecule has 0 heterocycles. The van der Waals surface area contributed by atoms with Crippen molar-refractivity contribution < 1.29 is 0 Å². The molecule has 54 heavy (non-hydrogen) atoms. The molecule has 0 aliphatic carbocycles. The summed E-state index contributed by atoms with van der Waals surface area (Å²) >= 11 is 25.5. The highest BCUT2D eigenvalue weighted by molar-refractivity contribution is 7.81. The molecule has 0 bridgehead atoms. The van der Waals surface area contributed by atoms with Gasteiger partial charge in [0.1, 0.15) is 0 Å². The molecule has 0 unspecified atom stereocenters. The molecule has 6 rings (SSSR count). The molecule has 0 N–H and O–H groups in total. The van der Waals surface area contributed by atoms with E-state index in [1.807, 2.05) is 30.3 Å². The van der Waals surface area contributed by atoms with Crippen LogP contribution in [0, 0.1) is 83.1 Å². The fraction of sp³-hybridized carbons (Fsp3) is 0.250.